The van der Waals surface area contributed by atoms with E-state index < -0.39 is 16.6 Å². The van der Waals surface area contributed by atoms with Gasteiger partial charge in [0, 0.05) is 4.47 Å². The van der Waals surface area contributed by atoms with Crippen molar-refractivity contribution in [3.05, 3.63) is 68.7 Å². The number of aryl methyl sites for hydroxylation is 1. The Labute approximate surface area is 219 Å². The Morgan fingerprint density at radius 1 is 0.735 bits per heavy atom. The van der Waals surface area contributed by atoms with E-state index in [9.17, 15) is 0 Å². The zero-order valence-corrected chi connectivity index (χ0v) is 26.4. The molecule has 0 spiro atoms. The first-order valence-corrected chi connectivity index (χ1v) is 20.7. The molecule has 2 aromatic rings. The van der Waals surface area contributed by atoms with Crippen LogP contribution >= 0.6 is 15.9 Å². The molecule has 0 aromatic heterocycles. The third kappa shape index (κ3) is 6.73. The normalized spacial score (nSPS) is 23.8. The van der Waals surface area contributed by atoms with E-state index in [1.165, 1.54) is 46.0 Å². The van der Waals surface area contributed by atoms with E-state index in [2.05, 4.69) is 112 Å². The molecule has 4 atom stereocenters. The molecule has 2 nitrogen and oxygen atoms in total. The lowest BCUT2D eigenvalue weighted by Crippen LogP contribution is -2.29. The molecular weight excluding hydrogens is 516 g/mol. The topological polar surface area (TPSA) is 18.5 Å². The van der Waals surface area contributed by atoms with E-state index in [4.69, 9.17) is 8.85 Å². The number of fused-ring (bicyclic) bond motifs is 2. The zero-order valence-electron chi connectivity index (χ0n) is 22.8. The van der Waals surface area contributed by atoms with Crippen molar-refractivity contribution >= 4 is 32.6 Å². The van der Waals surface area contributed by atoms with Crippen LogP contribution in [0.1, 0.15) is 66.7 Å². The van der Waals surface area contributed by atoms with Crippen molar-refractivity contribution < 1.29 is 8.85 Å². The number of hydrogen-bond acceptors (Lipinski definition) is 2. The minimum absolute atomic E-state index is 0.319. The van der Waals surface area contributed by atoms with Gasteiger partial charge in [-0.1, -0.05) is 73.0 Å². The van der Waals surface area contributed by atoms with Crippen LogP contribution in [0.25, 0.3) is 0 Å². The smallest absolute Gasteiger partial charge is 0.184 e. The summed E-state index contributed by atoms with van der Waals surface area (Å²) in [5, 5.41) is 0. The molecule has 0 N–H and O–H groups in total. The number of rotatable bonds is 6. The van der Waals surface area contributed by atoms with Crippen LogP contribution in [0.15, 0.2) is 40.9 Å². The van der Waals surface area contributed by atoms with Crippen LogP contribution in [-0.2, 0) is 21.7 Å². The number of hydrogen-bond donors (Lipinski definition) is 0. The van der Waals surface area contributed by atoms with Crippen LogP contribution in [0.3, 0.4) is 0 Å². The average Bonchev–Trinajstić information content (AvgIpc) is 3.26. The Balaban J connectivity index is 0.000000191. The molecule has 0 radical (unpaired) electrons. The van der Waals surface area contributed by atoms with Crippen LogP contribution in [0, 0.1) is 18.8 Å². The molecule has 2 aromatic carbocycles. The Hall–Kier alpha value is -0.726. The van der Waals surface area contributed by atoms with Crippen LogP contribution in [0.4, 0.5) is 0 Å². The molecule has 0 aliphatic heterocycles. The highest BCUT2D eigenvalue weighted by molar-refractivity contribution is 9.10. The summed E-state index contributed by atoms with van der Waals surface area (Å²) in [5.74, 6) is 1.33. The van der Waals surface area contributed by atoms with Gasteiger partial charge in [-0.05, 0) is 105 Å². The molecule has 0 amide bonds. The molecule has 0 saturated heterocycles. The van der Waals surface area contributed by atoms with Crippen LogP contribution < -0.4 is 0 Å². The maximum Gasteiger partial charge on any atom is 0.184 e. The summed E-state index contributed by atoms with van der Waals surface area (Å²) in [6.45, 7) is 20.5. The Bertz CT molecular complexity index is 898. The lowest BCUT2D eigenvalue weighted by Gasteiger charge is -2.28. The highest BCUT2D eigenvalue weighted by atomic mass is 79.9. The predicted octanol–water partition coefficient (Wildman–Crippen LogP) is 9.39. The predicted molar refractivity (Wildman–Crippen MR) is 155 cm³/mol. The summed E-state index contributed by atoms with van der Waals surface area (Å²) in [4.78, 5) is 0. The molecule has 2 aliphatic rings. The second kappa shape index (κ2) is 11.1. The van der Waals surface area contributed by atoms with Crippen molar-refractivity contribution in [3.63, 3.8) is 0 Å². The second-order valence-corrected chi connectivity index (χ2v) is 21.8. The molecule has 4 rings (SSSR count). The van der Waals surface area contributed by atoms with Gasteiger partial charge in [-0.3, -0.25) is 0 Å². The van der Waals surface area contributed by atoms with Crippen molar-refractivity contribution in [1.29, 1.82) is 0 Å². The van der Waals surface area contributed by atoms with Gasteiger partial charge >= 0.3 is 0 Å². The molecule has 188 valence electrons. The van der Waals surface area contributed by atoms with Crippen molar-refractivity contribution in [2.45, 2.75) is 97.9 Å². The van der Waals surface area contributed by atoms with E-state index in [1.807, 2.05) is 0 Å². The van der Waals surface area contributed by atoms with Gasteiger partial charge in [0.25, 0.3) is 0 Å². The molecule has 0 fully saturated rings. The van der Waals surface area contributed by atoms with Gasteiger partial charge < -0.3 is 8.85 Å². The summed E-state index contributed by atoms with van der Waals surface area (Å²) in [5.41, 5.74) is 7.31. The Morgan fingerprint density at radius 3 is 1.65 bits per heavy atom. The maximum absolute atomic E-state index is 6.42. The summed E-state index contributed by atoms with van der Waals surface area (Å²) in [6, 6.07) is 13.2. The van der Waals surface area contributed by atoms with Gasteiger partial charge in [0.2, 0.25) is 0 Å². The van der Waals surface area contributed by atoms with E-state index in [1.54, 1.807) is 5.56 Å². The first kappa shape index (κ1) is 27.9. The monoisotopic (exact) mass is 560 g/mol. The zero-order chi connectivity index (χ0) is 25.3. The summed E-state index contributed by atoms with van der Waals surface area (Å²) in [6.07, 6.45) is 5.43. The fourth-order valence-corrected chi connectivity index (χ4v) is 8.08. The minimum Gasteiger partial charge on any atom is -0.410 e. The molecule has 0 bridgehead atoms. The van der Waals surface area contributed by atoms with Gasteiger partial charge in [0.1, 0.15) is 0 Å². The van der Waals surface area contributed by atoms with Crippen molar-refractivity contribution in [2.75, 3.05) is 0 Å². The molecule has 0 heterocycles. The van der Waals surface area contributed by atoms with Gasteiger partial charge in [-0.2, -0.15) is 0 Å². The van der Waals surface area contributed by atoms with Crippen molar-refractivity contribution in [1.82, 2.24) is 0 Å². The molecule has 5 heteroatoms. The minimum atomic E-state index is -1.48. The fraction of sp³-hybridized carbons (Fsp3) is 0.586. The number of halogens is 1. The molecule has 4 unspecified atom stereocenters. The Morgan fingerprint density at radius 2 is 1.18 bits per heavy atom. The largest absolute Gasteiger partial charge is 0.410 e. The molecular formula is C29H45BrO2Si2. The molecule has 0 saturated carbocycles. The van der Waals surface area contributed by atoms with Gasteiger partial charge in [-0.15, -0.1) is 0 Å². The summed E-state index contributed by atoms with van der Waals surface area (Å²) < 4.78 is 14.1. The van der Waals surface area contributed by atoms with Crippen LogP contribution in [0.5, 0.6) is 0 Å². The average molecular weight is 562 g/mol. The van der Waals surface area contributed by atoms with Crippen LogP contribution in [-0.4, -0.2) is 16.6 Å². The summed E-state index contributed by atoms with van der Waals surface area (Å²) in [7, 11) is -2.95. The van der Waals surface area contributed by atoms with E-state index in [-0.39, 0.29) is 0 Å². The Kier molecular flexibility index (Phi) is 9.11. The highest BCUT2D eigenvalue weighted by Gasteiger charge is 2.37. The standard InChI is InChI=1S/C15H24OSi.C14H21BrOSi/c1-6-12-10-14-11(2)8-7-9-13(14)15(12)16-17(3,4)5;1-5-10-9-12-11(7-6-8-13(12)15)14(10)16-17(2,3)4/h7-9,12,15H,6,10H2,1-5H3;6-8,10,14H,5,9H2,1-4H3. The third-order valence-electron chi connectivity index (χ3n) is 7.01. The first-order chi connectivity index (χ1) is 15.8. The van der Waals surface area contributed by atoms with E-state index >= 15 is 0 Å². The quantitative estimate of drug-likeness (QED) is 0.327. The van der Waals surface area contributed by atoms with Crippen LogP contribution in [0.2, 0.25) is 39.3 Å². The SMILES string of the molecule is CCC1Cc2c(Br)cccc2C1O[Si](C)(C)C.CCC1Cc2c(C)cccc2C1O[Si](C)(C)C. The van der Waals surface area contributed by atoms with E-state index in [0.29, 0.717) is 24.0 Å². The van der Waals surface area contributed by atoms with E-state index in [0.717, 1.165) is 6.42 Å². The maximum atomic E-state index is 6.42. The third-order valence-corrected chi connectivity index (χ3v) is 9.68. The first-order valence-electron chi connectivity index (χ1n) is 13.1. The lowest BCUT2D eigenvalue weighted by atomic mass is 10.0. The summed E-state index contributed by atoms with van der Waals surface area (Å²) >= 11 is 3.67. The fourth-order valence-electron chi connectivity index (χ4n) is 5.37. The van der Waals surface area contributed by atoms with Gasteiger partial charge in [0.15, 0.2) is 16.6 Å². The molecule has 2 aliphatic carbocycles. The lowest BCUT2D eigenvalue weighted by molar-refractivity contribution is 0.139. The van der Waals surface area contributed by atoms with Gasteiger partial charge in [0.05, 0.1) is 12.2 Å². The number of benzene rings is 2. The van der Waals surface area contributed by atoms with Crippen molar-refractivity contribution in [3.8, 4) is 0 Å². The molecule has 34 heavy (non-hydrogen) atoms. The highest BCUT2D eigenvalue weighted by Crippen LogP contribution is 2.45. The van der Waals surface area contributed by atoms with Gasteiger partial charge in [-0.25, -0.2) is 0 Å². The second-order valence-electron chi connectivity index (χ2n) is 12.0. The van der Waals surface area contributed by atoms with Crippen molar-refractivity contribution in [2.24, 2.45) is 11.8 Å².